The molecular weight excluding hydrogens is 484 g/mol. The minimum atomic E-state index is -0.617. The highest BCUT2D eigenvalue weighted by atomic mass is 79.9. The van der Waals surface area contributed by atoms with Gasteiger partial charge in [-0.1, -0.05) is 29.8 Å². The molecule has 10 nitrogen and oxygen atoms in total. The van der Waals surface area contributed by atoms with E-state index in [0.29, 0.717) is 21.2 Å². The fourth-order valence-corrected chi connectivity index (χ4v) is 3.21. The minimum absolute atomic E-state index is 0.131. The molecule has 0 saturated carbocycles. The Balaban J connectivity index is 2.13. The van der Waals surface area contributed by atoms with E-state index in [1.54, 1.807) is 18.2 Å². The maximum absolute atomic E-state index is 13.1. The van der Waals surface area contributed by atoms with Crippen LogP contribution in [0.3, 0.4) is 0 Å². The number of non-ortho nitro benzene ring substituents is 1. The molecule has 1 heterocycles. The molecule has 0 atom stereocenters. The van der Waals surface area contributed by atoms with Crippen molar-refractivity contribution in [2.24, 2.45) is 5.10 Å². The van der Waals surface area contributed by atoms with E-state index in [1.165, 1.54) is 31.5 Å². The second-order valence-corrected chi connectivity index (χ2v) is 7.91. The third-order valence-corrected chi connectivity index (χ3v) is 4.93. The van der Waals surface area contributed by atoms with Crippen molar-refractivity contribution < 1.29 is 19.2 Å². The Morgan fingerprint density at radius 2 is 2.06 bits per heavy atom. The van der Waals surface area contributed by atoms with E-state index in [2.05, 4.69) is 30.8 Å². The van der Waals surface area contributed by atoms with E-state index >= 15 is 0 Å². The van der Waals surface area contributed by atoms with Crippen molar-refractivity contribution in [2.75, 3.05) is 13.7 Å². The summed E-state index contributed by atoms with van der Waals surface area (Å²) in [5.41, 5.74) is 0.150. The van der Waals surface area contributed by atoms with Gasteiger partial charge in [-0.3, -0.25) is 14.9 Å². The van der Waals surface area contributed by atoms with Gasteiger partial charge in [-0.15, -0.1) is 0 Å². The second kappa shape index (κ2) is 9.69. The van der Waals surface area contributed by atoms with E-state index in [4.69, 9.17) is 4.74 Å². The molecule has 0 N–H and O–H groups in total. The Morgan fingerprint density at radius 3 is 2.72 bits per heavy atom. The number of hydrogen-bond donors (Lipinski definition) is 0. The van der Waals surface area contributed by atoms with Gasteiger partial charge in [-0.05, 0) is 24.3 Å². The lowest BCUT2D eigenvalue weighted by Crippen LogP contribution is -2.23. The van der Waals surface area contributed by atoms with Crippen LogP contribution in [-0.2, 0) is 9.53 Å². The van der Waals surface area contributed by atoms with Gasteiger partial charge in [0.05, 0.1) is 29.2 Å². The van der Waals surface area contributed by atoms with Gasteiger partial charge in [0.1, 0.15) is 11.6 Å². The molecule has 0 spiro atoms. The Morgan fingerprint density at radius 1 is 1.31 bits per heavy atom. The smallest absolute Gasteiger partial charge is 0.343 e. The quantitative estimate of drug-likeness (QED) is 0.209. The fourth-order valence-electron chi connectivity index (χ4n) is 2.85. The standard InChI is InChI=1S/C21H19BrN4O6/c1-12(2)20-24-17-6-4-14(22)9-16(17)21(28)25(20)23-10-13-8-15(26(29)30)5-7-18(13)32-11-19(27)31-3/h4-10,12H,11H2,1-3H3. The van der Waals surface area contributed by atoms with Crippen molar-refractivity contribution in [1.29, 1.82) is 0 Å². The van der Waals surface area contributed by atoms with Crippen molar-refractivity contribution in [3.05, 3.63) is 72.7 Å². The number of carbonyl (C=O) groups is 1. The first-order chi connectivity index (χ1) is 15.2. The Kier molecular flexibility index (Phi) is 6.98. The monoisotopic (exact) mass is 502 g/mol. The third-order valence-electron chi connectivity index (χ3n) is 4.44. The number of hydrogen-bond acceptors (Lipinski definition) is 8. The number of aromatic nitrogens is 2. The van der Waals surface area contributed by atoms with Crippen LogP contribution < -0.4 is 10.3 Å². The number of carbonyl (C=O) groups excluding carboxylic acids is 1. The van der Waals surface area contributed by atoms with Crippen LogP contribution >= 0.6 is 15.9 Å². The summed E-state index contributed by atoms with van der Waals surface area (Å²) in [5, 5.41) is 15.8. The van der Waals surface area contributed by atoms with Crippen LogP contribution in [0.1, 0.15) is 31.2 Å². The summed E-state index contributed by atoms with van der Waals surface area (Å²) in [6.07, 6.45) is 1.26. The molecule has 0 unspecified atom stereocenters. The number of nitro groups is 1. The first kappa shape index (κ1) is 23.1. The van der Waals surface area contributed by atoms with Crippen molar-refractivity contribution in [1.82, 2.24) is 9.66 Å². The number of rotatable bonds is 7. The summed E-state index contributed by atoms with van der Waals surface area (Å²) in [5.74, 6) is -0.161. The number of ether oxygens (including phenoxy) is 2. The fraction of sp³-hybridized carbons (Fsp3) is 0.238. The van der Waals surface area contributed by atoms with E-state index < -0.39 is 23.1 Å². The molecule has 2 aromatic carbocycles. The third kappa shape index (κ3) is 4.99. The molecule has 0 amide bonds. The number of esters is 1. The average Bonchev–Trinajstić information content (AvgIpc) is 2.77. The first-order valence-electron chi connectivity index (χ1n) is 9.46. The SMILES string of the molecule is COC(=O)COc1ccc([N+](=O)[O-])cc1C=Nn1c(C(C)C)nc2ccc(Br)cc2c1=O. The van der Waals surface area contributed by atoms with Gasteiger partial charge in [0, 0.05) is 28.1 Å². The molecule has 3 aromatic rings. The summed E-state index contributed by atoms with van der Waals surface area (Å²) in [7, 11) is 1.22. The average molecular weight is 503 g/mol. The van der Waals surface area contributed by atoms with E-state index in [0.717, 1.165) is 4.68 Å². The summed E-state index contributed by atoms with van der Waals surface area (Å²) < 4.78 is 11.8. The lowest BCUT2D eigenvalue weighted by molar-refractivity contribution is -0.384. The minimum Gasteiger partial charge on any atom is -0.481 e. The van der Waals surface area contributed by atoms with Gasteiger partial charge in [-0.25, -0.2) is 9.78 Å². The lowest BCUT2D eigenvalue weighted by atomic mass is 10.2. The van der Waals surface area contributed by atoms with Crippen LogP contribution in [0.15, 0.2) is 50.8 Å². The molecule has 0 bridgehead atoms. The van der Waals surface area contributed by atoms with Crippen molar-refractivity contribution in [2.45, 2.75) is 19.8 Å². The van der Waals surface area contributed by atoms with Gasteiger partial charge in [0.25, 0.3) is 11.2 Å². The maximum atomic E-state index is 13.1. The predicted octanol–water partition coefficient (Wildman–Crippen LogP) is 3.62. The molecular formula is C21H19BrN4O6. The highest BCUT2D eigenvalue weighted by Gasteiger charge is 2.16. The molecule has 0 radical (unpaired) electrons. The molecule has 11 heteroatoms. The van der Waals surface area contributed by atoms with Gasteiger partial charge < -0.3 is 9.47 Å². The predicted molar refractivity (Wildman–Crippen MR) is 121 cm³/mol. The van der Waals surface area contributed by atoms with Crippen molar-refractivity contribution in [3.8, 4) is 5.75 Å². The van der Waals surface area contributed by atoms with Crippen LogP contribution in [-0.4, -0.2) is 40.5 Å². The van der Waals surface area contributed by atoms with Crippen LogP contribution in [0.2, 0.25) is 0 Å². The topological polar surface area (TPSA) is 126 Å². The zero-order chi connectivity index (χ0) is 23.4. The van der Waals surface area contributed by atoms with Crippen LogP contribution in [0, 0.1) is 10.1 Å². The molecule has 166 valence electrons. The molecule has 0 fully saturated rings. The molecule has 32 heavy (non-hydrogen) atoms. The Labute approximate surface area is 190 Å². The summed E-state index contributed by atoms with van der Waals surface area (Å²) in [4.78, 5) is 39.7. The van der Waals surface area contributed by atoms with Crippen LogP contribution in [0.4, 0.5) is 5.69 Å². The Bertz CT molecular complexity index is 1290. The summed E-state index contributed by atoms with van der Waals surface area (Å²) in [6.45, 7) is 3.35. The number of nitro benzene ring substituents is 1. The number of fused-ring (bicyclic) bond motifs is 1. The zero-order valence-electron chi connectivity index (χ0n) is 17.4. The lowest BCUT2D eigenvalue weighted by Gasteiger charge is -2.12. The number of nitrogens with zero attached hydrogens (tertiary/aromatic N) is 4. The van der Waals surface area contributed by atoms with Crippen LogP contribution in [0.25, 0.3) is 10.9 Å². The van der Waals surface area contributed by atoms with Gasteiger partial charge >= 0.3 is 5.97 Å². The molecule has 0 aliphatic heterocycles. The summed E-state index contributed by atoms with van der Waals surface area (Å²) >= 11 is 3.35. The molecule has 3 rings (SSSR count). The highest BCUT2D eigenvalue weighted by molar-refractivity contribution is 9.10. The first-order valence-corrected chi connectivity index (χ1v) is 10.2. The van der Waals surface area contributed by atoms with Gasteiger partial charge in [0.2, 0.25) is 0 Å². The number of halogens is 1. The van der Waals surface area contributed by atoms with Crippen molar-refractivity contribution >= 4 is 44.7 Å². The van der Waals surface area contributed by atoms with E-state index in [9.17, 15) is 19.7 Å². The molecule has 1 aromatic heterocycles. The van der Waals surface area contributed by atoms with Gasteiger partial charge in [-0.2, -0.15) is 9.78 Å². The normalized spacial score (nSPS) is 11.3. The zero-order valence-corrected chi connectivity index (χ0v) is 19.0. The Hall–Kier alpha value is -3.60. The molecule has 0 aliphatic carbocycles. The van der Waals surface area contributed by atoms with E-state index in [1.807, 2.05) is 13.8 Å². The largest absolute Gasteiger partial charge is 0.481 e. The van der Waals surface area contributed by atoms with Crippen LogP contribution in [0.5, 0.6) is 5.75 Å². The second-order valence-electron chi connectivity index (χ2n) is 6.99. The highest BCUT2D eigenvalue weighted by Crippen LogP contribution is 2.24. The number of benzene rings is 2. The molecule has 0 aliphatic rings. The number of methoxy groups -OCH3 is 1. The molecule has 0 saturated heterocycles. The summed E-state index contributed by atoms with van der Waals surface area (Å²) in [6, 6.07) is 9.01. The van der Waals surface area contributed by atoms with Gasteiger partial charge in [0.15, 0.2) is 6.61 Å². The van der Waals surface area contributed by atoms with E-state index in [-0.39, 0.29) is 22.9 Å². The maximum Gasteiger partial charge on any atom is 0.343 e. The van der Waals surface area contributed by atoms with Crippen molar-refractivity contribution in [3.63, 3.8) is 0 Å².